The number of nitrogens with zero attached hydrogens (tertiary/aromatic N) is 2. The van der Waals surface area contributed by atoms with Gasteiger partial charge in [-0.3, -0.25) is 52.9 Å². The van der Waals surface area contributed by atoms with Crippen molar-refractivity contribution < 1.29 is 63.0 Å². The highest BCUT2D eigenvalue weighted by atomic mass is 16.4. The number of benzene rings is 1. The van der Waals surface area contributed by atoms with Gasteiger partial charge in [-0.15, -0.1) is 0 Å². The highest BCUT2D eigenvalue weighted by Gasteiger charge is 2.41. The molecule has 1 heterocycles. The number of aliphatic imine (C=N–C) groups is 1. The first-order chi connectivity index (χ1) is 33.9. The predicted molar refractivity (Wildman–Crippen MR) is 260 cm³/mol. The van der Waals surface area contributed by atoms with Gasteiger partial charge in [0.15, 0.2) is 5.96 Å². The van der Waals surface area contributed by atoms with Crippen LogP contribution in [0.4, 0.5) is 0 Å². The molecule has 17 N–H and O–H groups in total. The third-order valence-electron chi connectivity index (χ3n) is 11.7. The Bertz CT molecular complexity index is 2100. The maximum Gasteiger partial charge on any atom is 0.326 e. The lowest BCUT2D eigenvalue weighted by Gasteiger charge is -2.32. The summed E-state index contributed by atoms with van der Waals surface area (Å²) >= 11 is 0. The molecule has 2 rings (SSSR count). The molecule has 0 aromatic heterocycles. The summed E-state index contributed by atoms with van der Waals surface area (Å²) in [5, 5.41) is 37.0. The first-order valence-corrected chi connectivity index (χ1v) is 23.8. The standard InChI is InChI=1S/C46H73N13O13/c1-6-25(4)37(58-41(67)31(22-36(62)63)56-40(66)30(20-24(2)3)55-39(65)28(16-17-34(48)60)53-35(61)23-47)43(69)57-32(21-27-12-8-7-9-13-27)44(70)59-19-11-15-33(59)42(68)52-26(5)38(64)54-29(45(71)72)14-10-18-51-46(49)50/h7-9,12-13,24-26,28-33,37H,6,10-11,14-23,47H2,1-5H3,(H2,48,60)(H,52,68)(H,53,61)(H,54,64)(H,55,65)(H,56,66)(H,57,69)(H,58,67)(H,62,63)(H,71,72)(H4,49,50,51)/t25-,26-,28-,29-,30-,31-,32-,33-,37-/m0/s1. The van der Waals surface area contributed by atoms with E-state index in [1.165, 1.54) is 11.8 Å². The van der Waals surface area contributed by atoms with Gasteiger partial charge in [-0.2, -0.15) is 0 Å². The zero-order valence-electron chi connectivity index (χ0n) is 41.4. The lowest BCUT2D eigenvalue weighted by Crippen LogP contribution is -2.61. The number of hydrogen-bond donors (Lipinski definition) is 13. The fraction of sp³-hybridized carbons (Fsp3) is 0.609. The molecule has 1 aromatic rings. The van der Waals surface area contributed by atoms with Crippen LogP contribution in [0.25, 0.3) is 0 Å². The van der Waals surface area contributed by atoms with Crippen LogP contribution in [0.15, 0.2) is 35.3 Å². The van der Waals surface area contributed by atoms with Crippen molar-refractivity contribution in [1.82, 2.24) is 42.1 Å². The normalized spacial score (nSPS) is 16.4. The Kier molecular flexibility index (Phi) is 25.6. The average Bonchev–Trinajstić information content (AvgIpc) is 3.82. The molecule has 0 saturated carbocycles. The molecular weight excluding hydrogens is 943 g/mol. The number of guanidine groups is 1. The van der Waals surface area contributed by atoms with Gasteiger partial charge >= 0.3 is 11.9 Å². The minimum absolute atomic E-state index is 0.0118. The summed E-state index contributed by atoms with van der Waals surface area (Å²) in [6.07, 6.45) is -0.531. The highest BCUT2D eigenvalue weighted by Crippen LogP contribution is 2.21. The van der Waals surface area contributed by atoms with E-state index in [2.05, 4.69) is 42.2 Å². The van der Waals surface area contributed by atoms with Crippen LogP contribution in [0.2, 0.25) is 0 Å². The quantitative estimate of drug-likeness (QED) is 0.0196. The molecule has 26 heteroatoms. The van der Waals surface area contributed by atoms with Crippen molar-refractivity contribution in [3.8, 4) is 0 Å². The molecular formula is C46H73N13O13. The molecule has 1 fully saturated rings. The number of amides is 9. The summed E-state index contributed by atoms with van der Waals surface area (Å²) in [6, 6.07) is -2.30. The molecule has 9 amide bonds. The first-order valence-electron chi connectivity index (χ1n) is 23.8. The van der Waals surface area contributed by atoms with Crippen molar-refractivity contribution in [3.05, 3.63) is 35.9 Å². The Morgan fingerprint density at radius 2 is 1.32 bits per heavy atom. The molecule has 9 atom stereocenters. The fourth-order valence-corrected chi connectivity index (χ4v) is 7.64. The topological polar surface area (TPSA) is 432 Å². The predicted octanol–water partition coefficient (Wildman–Crippen LogP) is -3.44. The van der Waals surface area contributed by atoms with Crippen molar-refractivity contribution in [2.45, 2.75) is 147 Å². The Balaban J connectivity index is 2.37. The van der Waals surface area contributed by atoms with Crippen LogP contribution in [-0.2, 0) is 59.2 Å². The van der Waals surface area contributed by atoms with E-state index in [4.69, 9.17) is 22.9 Å². The Morgan fingerprint density at radius 3 is 1.89 bits per heavy atom. The van der Waals surface area contributed by atoms with Crippen LogP contribution in [0.1, 0.15) is 98.0 Å². The molecule has 1 aliphatic rings. The summed E-state index contributed by atoms with van der Waals surface area (Å²) in [6.45, 7) is 7.87. The van der Waals surface area contributed by atoms with Crippen molar-refractivity contribution in [2.24, 2.45) is 39.8 Å². The van der Waals surface area contributed by atoms with E-state index in [0.29, 0.717) is 12.0 Å². The second kappa shape index (κ2) is 30.4. The number of carbonyl (C=O) groups excluding carboxylic acids is 9. The molecule has 0 spiro atoms. The number of nitrogens with two attached hydrogens (primary N) is 4. The number of carboxylic acids is 2. The van der Waals surface area contributed by atoms with Gasteiger partial charge < -0.3 is 75.3 Å². The SMILES string of the molecule is CC[C@H](C)[C@H](NC(=O)[C@H](CC(=O)O)NC(=O)[C@H](CC(C)C)NC(=O)[C@H](CCC(N)=O)NC(=O)CN)C(=O)N[C@@H](Cc1ccccc1)C(=O)N1CCC[C@H]1C(=O)N[C@@H](C)C(=O)N[C@@H](CCCN=C(N)N)C(=O)O. The van der Waals surface area contributed by atoms with E-state index >= 15 is 0 Å². The second-order valence-electron chi connectivity index (χ2n) is 18.1. The lowest BCUT2D eigenvalue weighted by molar-refractivity contribution is -0.143. The zero-order valence-corrected chi connectivity index (χ0v) is 41.4. The molecule has 1 saturated heterocycles. The minimum atomic E-state index is -1.80. The van der Waals surface area contributed by atoms with Crippen LogP contribution in [0.3, 0.4) is 0 Å². The van der Waals surface area contributed by atoms with Gasteiger partial charge in [-0.1, -0.05) is 64.4 Å². The molecule has 26 nitrogen and oxygen atoms in total. The summed E-state index contributed by atoms with van der Waals surface area (Å²) < 4.78 is 0. The summed E-state index contributed by atoms with van der Waals surface area (Å²) in [7, 11) is 0. The maximum absolute atomic E-state index is 14.5. The Hall–Kier alpha value is -7.38. The van der Waals surface area contributed by atoms with E-state index < -0.39 is 132 Å². The smallest absolute Gasteiger partial charge is 0.326 e. The van der Waals surface area contributed by atoms with Crippen molar-refractivity contribution >= 4 is 71.1 Å². The van der Waals surface area contributed by atoms with Crippen molar-refractivity contribution in [2.75, 3.05) is 19.6 Å². The first kappa shape index (κ1) is 60.7. The summed E-state index contributed by atoms with van der Waals surface area (Å²) in [5.41, 5.74) is 21.9. The molecule has 72 heavy (non-hydrogen) atoms. The van der Waals surface area contributed by atoms with Crippen LogP contribution >= 0.6 is 0 Å². The van der Waals surface area contributed by atoms with Gasteiger partial charge in [0.05, 0.1) is 13.0 Å². The van der Waals surface area contributed by atoms with E-state index in [9.17, 15) is 63.0 Å². The fourth-order valence-electron chi connectivity index (χ4n) is 7.64. The van der Waals surface area contributed by atoms with Gasteiger partial charge in [0.25, 0.3) is 0 Å². The Labute approximate surface area is 417 Å². The van der Waals surface area contributed by atoms with Crippen molar-refractivity contribution in [1.29, 1.82) is 0 Å². The number of aliphatic carboxylic acids is 2. The minimum Gasteiger partial charge on any atom is -0.481 e. The van der Waals surface area contributed by atoms with Gasteiger partial charge in [0.2, 0.25) is 53.2 Å². The van der Waals surface area contributed by atoms with E-state index in [1.54, 1.807) is 58.0 Å². The Morgan fingerprint density at radius 1 is 0.722 bits per heavy atom. The van der Waals surface area contributed by atoms with Crippen molar-refractivity contribution in [3.63, 3.8) is 0 Å². The number of hydrogen-bond acceptors (Lipinski definition) is 13. The van der Waals surface area contributed by atoms with Gasteiger partial charge in [-0.05, 0) is 62.8 Å². The molecule has 0 unspecified atom stereocenters. The molecule has 0 radical (unpaired) electrons. The van der Waals surface area contributed by atoms with Gasteiger partial charge in [-0.25, -0.2) is 4.79 Å². The van der Waals surface area contributed by atoms with Gasteiger partial charge in [0, 0.05) is 25.9 Å². The molecule has 0 aliphatic carbocycles. The van der Waals surface area contributed by atoms with E-state index in [1.807, 2.05) is 0 Å². The average molecular weight is 1020 g/mol. The maximum atomic E-state index is 14.5. The number of nitrogens with one attached hydrogen (secondary N) is 7. The number of rotatable bonds is 31. The van der Waals surface area contributed by atoms with E-state index in [0.717, 1.165) is 0 Å². The van der Waals surface area contributed by atoms with Crippen LogP contribution < -0.4 is 60.2 Å². The third-order valence-corrected chi connectivity index (χ3v) is 11.7. The number of likely N-dealkylation sites (tertiary alicyclic amines) is 1. The number of primary amides is 1. The number of carboxylic acid groups (broad SMARTS) is 2. The lowest BCUT2D eigenvalue weighted by atomic mass is 9.96. The zero-order chi connectivity index (χ0) is 54.2. The van der Waals surface area contributed by atoms with Crippen LogP contribution in [-0.4, -0.2) is 154 Å². The van der Waals surface area contributed by atoms with Crippen LogP contribution in [0, 0.1) is 11.8 Å². The summed E-state index contributed by atoms with van der Waals surface area (Å²) in [5.74, 6) is -11.4. The van der Waals surface area contributed by atoms with E-state index in [-0.39, 0.29) is 76.3 Å². The molecule has 0 bridgehead atoms. The monoisotopic (exact) mass is 1020 g/mol. The molecule has 1 aromatic carbocycles. The molecule has 1 aliphatic heterocycles. The van der Waals surface area contributed by atoms with Crippen LogP contribution in [0.5, 0.6) is 0 Å². The number of carbonyl (C=O) groups is 11. The largest absolute Gasteiger partial charge is 0.481 e. The third kappa shape index (κ3) is 20.9. The molecule has 400 valence electrons. The highest BCUT2D eigenvalue weighted by molar-refractivity contribution is 5.99. The van der Waals surface area contributed by atoms with Gasteiger partial charge in [0.1, 0.15) is 48.3 Å². The second-order valence-corrected chi connectivity index (χ2v) is 18.1. The summed E-state index contributed by atoms with van der Waals surface area (Å²) in [4.78, 5) is 150.